The minimum absolute atomic E-state index is 0.0800. The van der Waals surface area contributed by atoms with Crippen LogP contribution in [-0.4, -0.2) is 21.7 Å². The van der Waals surface area contributed by atoms with Gasteiger partial charge in [0.1, 0.15) is 0 Å². The summed E-state index contributed by atoms with van der Waals surface area (Å²) < 4.78 is 4.99. The molecule has 0 aromatic heterocycles. The Labute approximate surface area is 146 Å². The Morgan fingerprint density at radius 2 is 1.58 bits per heavy atom. The number of esters is 1. The van der Waals surface area contributed by atoms with Crippen molar-refractivity contribution in [2.45, 2.75) is 13.8 Å². The molecule has 0 aliphatic carbocycles. The Kier molecular flexibility index (Phi) is 5.26. The third-order valence-corrected chi connectivity index (χ3v) is 3.22. The zero-order chi connectivity index (χ0) is 19.4. The number of nitrogens with one attached hydrogen (secondary N) is 1. The molecule has 26 heavy (non-hydrogen) atoms. The number of aryl methyl sites for hydroxylation is 1. The predicted octanol–water partition coefficient (Wildman–Crippen LogP) is 2.99. The van der Waals surface area contributed by atoms with Gasteiger partial charge in [0.15, 0.2) is 5.75 Å². The average molecular weight is 359 g/mol. The second-order valence-electron chi connectivity index (χ2n) is 5.30. The molecule has 0 bridgehead atoms. The molecule has 2 rings (SSSR count). The van der Waals surface area contributed by atoms with Crippen molar-refractivity contribution >= 4 is 28.9 Å². The van der Waals surface area contributed by atoms with Gasteiger partial charge in [0.25, 0.3) is 17.3 Å². The van der Waals surface area contributed by atoms with Gasteiger partial charge in [-0.2, -0.15) is 0 Å². The Bertz CT molecular complexity index is 892. The van der Waals surface area contributed by atoms with Gasteiger partial charge in [-0.15, -0.1) is 0 Å². The fourth-order valence-electron chi connectivity index (χ4n) is 2.12. The SMILES string of the molecule is CC(=O)Oc1ccc(C)cc1NC(=O)c1cc([N+](=O)[O-])cc([N+](=O)[O-])c1. The van der Waals surface area contributed by atoms with E-state index in [1.54, 1.807) is 13.0 Å². The minimum atomic E-state index is -0.833. The third kappa shape index (κ3) is 4.38. The molecular weight excluding hydrogens is 346 g/mol. The summed E-state index contributed by atoms with van der Waals surface area (Å²) in [7, 11) is 0. The molecule has 10 heteroatoms. The normalized spacial score (nSPS) is 10.1. The molecular formula is C16H13N3O7. The molecule has 0 fully saturated rings. The van der Waals surface area contributed by atoms with Gasteiger partial charge in [0, 0.05) is 19.1 Å². The largest absolute Gasteiger partial charge is 0.424 e. The number of nitrogens with zero attached hydrogens (tertiary/aromatic N) is 2. The van der Waals surface area contributed by atoms with Crippen LogP contribution in [0.5, 0.6) is 5.75 Å². The van der Waals surface area contributed by atoms with E-state index in [-0.39, 0.29) is 17.0 Å². The molecule has 0 heterocycles. The maximum atomic E-state index is 12.4. The lowest BCUT2D eigenvalue weighted by Gasteiger charge is -2.11. The van der Waals surface area contributed by atoms with Crippen LogP contribution in [0, 0.1) is 27.2 Å². The smallest absolute Gasteiger partial charge is 0.308 e. The van der Waals surface area contributed by atoms with Crippen molar-refractivity contribution in [3.8, 4) is 5.75 Å². The second-order valence-corrected chi connectivity index (χ2v) is 5.30. The molecule has 1 amide bonds. The first-order valence-electron chi connectivity index (χ1n) is 7.21. The Morgan fingerprint density at radius 1 is 1.00 bits per heavy atom. The summed E-state index contributed by atoms with van der Waals surface area (Å²) in [5.74, 6) is -1.34. The Balaban J connectivity index is 2.42. The predicted molar refractivity (Wildman–Crippen MR) is 90.2 cm³/mol. The van der Waals surface area contributed by atoms with Gasteiger partial charge in [0.05, 0.1) is 27.2 Å². The van der Waals surface area contributed by atoms with Crippen molar-refractivity contribution in [3.63, 3.8) is 0 Å². The van der Waals surface area contributed by atoms with Crippen LogP contribution in [0.4, 0.5) is 17.1 Å². The summed E-state index contributed by atoms with van der Waals surface area (Å²) in [6, 6.07) is 7.26. The molecule has 0 saturated carbocycles. The molecule has 0 saturated heterocycles. The highest BCUT2D eigenvalue weighted by atomic mass is 16.6. The second kappa shape index (κ2) is 7.38. The number of carbonyl (C=O) groups is 2. The van der Waals surface area contributed by atoms with Gasteiger partial charge in [-0.05, 0) is 24.6 Å². The summed E-state index contributed by atoms with van der Waals surface area (Å²) in [6.07, 6.45) is 0. The maximum absolute atomic E-state index is 12.4. The molecule has 0 atom stereocenters. The fraction of sp³-hybridized carbons (Fsp3) is 0.125. The number of hydrogen-bond donors (Lipinski definition) is 1. The van der Waals surface area contributed by atoms with Crippen LogP contribution in [0.1, 0.15) is 22.8 Å². The summed E-state index contributed by atoms with van der Waals surface area (Å²) >= 11 is 0. The van der Waals surface area contributed by atoms with E-state index in [1.165, 1.54) is 19.1 Å². The molecule has 2 aromatic rings. The summed E-state index contributed by atoms with van der Waals surface area (Å²) in [5, 5.41) is 24.3. The molecule has 2 aromatic carbocycles. The van der Waals surface area contributed by atoms with Crippen LogP contribution in [0.25, 0.3) is 0 Å². The van der Waals surface area contributed by atoms with Crippen molar-refractivity contribution < 1.29 is 24.2 Å². The van der Waals surface area contributed by atoms with Gasteiger partial charge in [-0.1, -0.05) is 6.07 Å². The third-order valence-electron chi connectivity index (χ3n) is 3.22. The van der Waals surface area contributed by atoms with E-state index in [2.05, 4.69) is 5.32 Å². The fourth-order valence-corrected chi connectivity index (χ4v) is 2.12. The standard InChI is InChI=1S/C16H13N3O7/c1-9-3-4-15(26-10(2)20)14(5-9)17-16(21)11-6-12(18(22)23)8-13(7-11)19(24)25/h3-8H,1-2H3,(H,17,21). The van der Waals surface area contributed by atoms with Crippen LogP contribution >= 0.6 is 0 Å². The number of anilines is 1. The lowest BCUT2D eigenvalue weighted by Crippen LogP contribution is -2.14. The van der Waals surface area contributed by atoms with Gasteiger partial charge < -0.3 is 10.1 Å². The van der Waals surface area contributed by atoms with Gasteiger partial charge >= 0.3 is 5.97 Å². The van der Waals surface area contributed by atoms with E-state index in [0.717, 1.165) is 23.8 Å². The Hall–Kier alpha value is -3.82. The van der Waals surface area contributed by atoms with Gasteiger partial charge in [-0.25, -0.2) is 0 Å². The Morgan fingerprint density at radius 3 is 2.08 bits per heavy atom. The number of benzene rings is 2. The van der Waals surface area contributed by atoms with E-state index < -0.39 is 33.1 Å². The molecule has 0 spiro atoms. The molecule has 134 valence electrons. The molecule has 10 nitrogen and oxygen atoms in total. The molecule has 0 aliphatic rings. The number of hydrogen-bond acceptors (Lipinski definition) is 7. The van der Waals surface area contributed by atoms with Crippen LogP contribution in [0.2, 0.25) is 0 Å². The van der Waals surface area contributed by atoms with E-state index in [4.69, 9.17) is 4.74 Å². The highest BCUT2D eigenvalue weighted by Crippen LogP contribution is 2.28. The molecule has 0 radical (unpaired) electrons. The first-order chi connectivity index (χ1) is 12.2. The number of nitro groups is 2. The lowest BCUT2D eigenvalue weighted by molar-refractivity contribution is -0.394. The first kappa shape index (κ1) is 18.5. The molecule has 0 aliphatic heterocycles. The van der Waals surface area contributed by atoms with Crippen LogP contribution in [0.15, 0.2) is 36.4 Å². The van der Waals surface area contributed by atoms with Gasteiger partial charge in [-0.3, -0.25) is 29.8 Å². The summed E-state index contributed by atoms with van der Waals surface area (Å²) in [5.41, 5.74) is -0.552. The number of non-ortho nitro benzene ring substituents is 2. The quantitative estimate of drug-likeness (QED) is 0.374. The van der Waals surface area contributed by atoms with Crippen molar-refractivity contribution in [2.75, 3.05) is 5.32 Å². The van der Waals surface area contributed by atoms with Crippen molar-refractivity contribution in [2.24, 2.45) is 0 Å². The summed E-state index contributed by atoms with van der Waals surface area (Å²) in [6.45, 7) is 2.93. The highest BCUT2D eigenvalue weighted by molar-refractivity contribution is 6.06. The van der Waals surface area contributed by atoms with Crippen LogP contribution < -0.4 is 10.1 Å². The van der Waals surface area contributed by atoms with E-state index in [0.29, 0.717) is 0 Å². The number of nitro benzene ring substituents is 2. The number of rotatable bonds is 5. The van der Waals surface area contributed by atoms with Crippen molar-refractivity contribution in [3.05, 3.63) is 67.8 Å². The van der Waals surface area contributed by atoms with Crippen LogP contribution in [0.3, 0.4) is 0 Å². The number of carbonyl (C=O) groups excluding carboxylic acids is 2. The molecule has 0 unspecified atom stereocenters. The van der Waals surface area contributed by atoms with Crippen molar-refractivity contribution in [1.29, 1.82) is 0 Å². The first-order valence-corrected chi connectivity index (χ1v) is 7.21. The summed E-state index contributed by atoms with van der Waals surface area (Å²) in [4.78, 5) is 43.8. The monoisotopic (exact) mass is 359 g/mol. The molecule has 1 N–H and O–H groups in total. The topological polar surface area (TPSA) is 142 Å². The maximum Gasteiger partial charge on any atom is 0.308 e. The minimum Gasteiger partial charge on any atom is -0.424 e. The van der Waals surface area contributed by atoms with E-state index in [9.17, 15) is 29.8 Å². The van der Waals surface area contributed by atoms with E-state index in [1.807, 2.05) is 0 Å². The van der Waals surface area contributed by atoms with Gasteiger partial charge in [0.2, 0.25) is 0 Å². The number of ether oxygens (including phenoxy) is 1. The average Bonchev–Trinajstić information content (AvgIpc) is 2.56. The van der Waals surface area contributed by atoms with Crippen molar-refractivity contribution in [1.82, 2.24) is 0 Å². The highest BCUT2D eigenvalue weighted by Gasteiger charge is 2.21. The zero-order valence-electron chi connectivity index (χ0n) is 13.7. The zero-order valence-corrected chi connectivity index (χ0v) is 13.7. The van der Waals surface area contributed by atoms with Crippen LogP contribution in [-0.2, 0) is 4.79 Å². The number of amides is 1. The van der Waals surface area contributed by atoms with E-state index >= 15 is 0 Å². The lowest BCUT2D eigenvalue weighted by atomic mass is 10.1.